The van der Waals surface area contributed by atoms with E-state index in [2.05, 4.69) is 5.32 Å². The highest BCUT2D eigenvalue weighted by atomic mass is 16.5. The molecular formula is C8H17N3O4. The summed E-state index contributed by atoms with van der Waals surface area (Å²) in [6, 6.07) is -0.692. The van der Waals surface area contributed by atoms with Crippen molar-refractivity contribution in [1.82, 2.24) is 10.8 Å². The van der Waals surface area contributed by atoms with Crippen molar-refractivity contribution in [1.29, 1.82) is 0 Å². The van der Waals surface area contributed by atoms with Crippen LogP contribution < -0.4 is 16.5 Å². The highest BCUT2D eigenvalue weighted by Gasteiger charge is 2.13. The van der Waals surface area contributed by atoms with Gasteiger partial charge in [-0.25, -0.2) is 5.48 Å². The number of hydrogen-bond donors (Lipinski definition) is 5. The van der Waals surface area contributed by atoms with Crippen molar-refractivity contribution >= 4 is 11.9 Å². The summed E-state index contributed by atoms with van der Waals surface area (Å²) < 4.78 is 0. The number of hydrogen-bond acceptors (Lipinski definition) is 5. The van der Waals surface area contributed by atoms with Gasteiger partial charge < -0.3 is 21.4 Å². The summed E-state index contributed by atoms with van der Waals surface area (Å²) in [5, 5.41) is 18.8. The first-order chi connectivity index (χ1) is 7.07. The molecule has 0 aliphatic carbocycles. The van der Waals surface area contributed by atoms with Gasteiger partial charge in [0, 0.05) is 6.54 Å². The quantitative estimate of drug-likeness (QED) is 0.254. The maximum Gasteiger partial charge on any atom is 0.322 e. The van der Waals surface area contributed by atoms with E-state index in [9.17, 15) is 9.59 Å². The minimum Gasteiger partial charge on any atom is -0.480 e. The molecule has 0 saturated carbocycles. The molecule has 0 aromatic heterocycles. The van der Waals surface area contributed by atoms with Crippen molar-refractivity contribution in [3.63, 3.8) is 0 Å². The second-order valence-corrected chi connectivity index (χ2v) is 3.12. The third-order valence-corrected chi connectivity index (χ3v) is 1.80. The molecule has 0 aliphatic rings. The number of carboxylic acid groups (broad SMARTS) is 1. The third-order valence-electron chi connectivity index (χ3n) is 1.80. The normalized spacial score (nSPS) is 12.1. The van der Waals surface area contributed by atoms with Gasteiger partial charge in [-0.15, -0.1) is 0 Å². The molecule has 0 aromatic carbocycles. The number of nitrogens with two attached hydrogens (primary N) is 1. The molecule has 0 radical (unpaired) electrons. The maximum atomic E-state index is 11.1. The zero-order valence-electron chi connectivity index (χ0n) is 8.40. The molecular weight excluding hydrogens is 202 g/mol. The Labute approximate surface area is 87.6 Å². The number of carbonyl (C=O) groups is 2. The summed E-state index contributed by atoms with van der Waals surface area (Å²) in [6.45, 7) is 0.0359. The van der Waals surface area contributed by atoms with E-state index in [1.165, 1.54) is 0 Å². The maximum absolute atomic E-state index is 11.1. The number of rotatable bonds is 8. The van der Waals surface area contributed by atoms with Crippen LogP contribution in [0.5, 0.6) is 0 Å². The molecule has 7 heteroatoms. The molecule has 0 fully saturated rings. The molecule has 15 heavy (non-hydrogen) atoms. The van der Waals surface area contributed by atoms with Crippen molar-refractivity contribution in [2.24, 2.45) is 5.73 Å². The van der Waals surface area contributed by atoms with Crippen LogP contribution in [0.25, 0.3) is 0 Å². The standard InChI is InChI=1S/C8H17N3O4/c9-6(3-1-2-4-11-15)8(14)10-5-7(12)13/h6,11,15H,1-5,9H2,(H,10,14)(H,12,13)/t6-/m1/s1. The molecule has 0 rings (SSSR count). The summed E-state index contributed by atoms with van der Waals surface area (Å²) in [7, 11) is 0. The van der Waals surface area contributed by atoms with Crippen LogP contribution in [0, 0.1) is 0 Å². The van der Waals surface area contributed by atoms with Gasteiger partial charge in [-0.1, -0.05) is 6.42 Å². The van der Waals surface area contributed by atoms with E-state index in [-0.39, 0.29) is 0 Å². The van der Waals surface area contributed by atoms with Crippen LogP contribution in [0.4, 0.5) is 0 Å². The number of unbranched alkanes of at least 4 members (excludes halogenated alkanes) is 1. The fourth-order valence-electron chi connectivity index (χ4n) is 0.993. The Kier molecular flexibility index (Phi) is 7.51. The van der Waals surface area contributed by atoms with Crippen LogP contribution in [-0.2, 0) is 9.59 Å². The number of carboxylic acids is 1. The Morgan fingerprint density at radius 2 is 2.00 bits per heavy atom. The fraction of sp³-hybridized carbons (Fsp3) is 0.750. The number of aliphatic carboxylic acids is 1. The molecule has 0 heterocycles. The predicted octanol–water partition coefficient (Wildman–Crippen LogP) is -1.34. The van der Waals surface area contributed by atoms with E-state index in [0.717, 1.165) is 0 Å². The molecule has 0 spiro atoms. The van der Waals surface area contributed by atoms with Crippen molar-refractivity contribution < 1.29 is 19.9 Å². The molecule has 88 valence electrons. The average molecular weight is 219 g/mol. The zero-order chi connectivity index (χ0) is 11.7. The largest absolute Gasteiger partial charge is 0.480 e. The van der Waals surface area contributed by atoms with E-state index in [1.807, 2.05) is 5.48 Å². The van der Waals surface area contributed by atoms with E-state index in [4.69, 9.17) is 16.0 Å². The van der Waals surface area contributed by atoms with Gasteiger partial charge in [0.05, 0.1) is 6.04 Å². The highest BCUT2D eigenvalue weighted by molar-refractivity contribution is 5.84. The Morgan fingerprint density at radius 3 is 2.53 bits per heavy atom. The Balaban J connectivity index is 3.55. The Bertz CT molecular complexity index is 210. The fourth-order valence-corrected chi connectivity index (χ4v) is 0.993. The molecule has 7 nitrogen and oxygen atoms in total. The highest BCUT2D eigenvalue weighted by Crippen LogP contribution is 1.98. The summed E-state index contributed by atoms with van der Waals surface area (Å²) in [5.74, 6) is -1.56. The van der Waals surface area contributed by atoms with Gasteiger partial charge in [-0.05, 0) is 12.8 Å². The SMILES string of the molecule is N[C@H](CCCCNO)C(=O)NCC(=O)O. The first kappa shape index (κ1) is 13.8. The van der Waals surface area contributed by atoms with Crippen molar-refractivity contribution in [3.8, 4) is 0 Å². The molecule has 0 aromatic rings. The molecule has 0 bridgehead atoms. The van der Waals surface area contributed by atoms with Gasteiger partial charge in [-0.2, -0.15) is 0 Å². The second kappa shape index (κ2) is 8.16. The summed E-state index contributed by atoms with van der Waals surface area (Å²) in [4.78, 5) is 21.3. The topological polar surface area (TPSA) is 125 Å². The van der Waals surface area contributed by atoms with Gasteiger partial charge in [-0.3, -0.25) is 9.59 Å². The summed E-state index contributed by atoms with van der Waals surface area (Å²) >= 11 is 0. The Hall–Kier alpha value is -1.18. The van der Waals surface area contributed by atoms with E-state index in [1.54, 1.807) is 0 Å². The van der Waals surface area contributed by atoms with Crippen LogP contribution in [0.3, 0.4) is 0 Å². The van der Waals surface area contributed by atoms with Gasteiger partial charge in [0.1, 0.15) is 6.54 Å². The molecule has 0 unspecified atom stereocenters. The van der Waals surface area contributed by atoms with Crippen molar-refractivity contribution in [2.45, 2.75) is 25.3 Å². The van der Waals surface area contributed by atoms with Crippen molar-refractivity contribution in [3.05, 3.63) is 0 Å². The summed E-state index contributed by atoms with van der Waals surface area (Å²) in [6.07, 6.45) is 1.86. The summed E-state index contributed by atoms with van der Waals surface area (Å²) in [5.41, 5.74) is 7.49. The van der Waals surface area contributed by atoms with Crippen LogP contribution >= 0.6 is 0 Å². The lowest BCUT2D eigenvalue weighted by atomic mass is 10.1. The third kappa shape index (κ3) is 7.86. The van der Waals surface area contributed by atoms with E-state index < -0.39 is 24.5 Å². The lowest BCUT2D eigenvalue weighted by Gasteiger charge is -2.10. The van der Waals surface area contributed by atoms with Gasteiger partial charge in [0.25, 0.3) is 0 Å². The van der Waals surface area contributed by atoms with Gasteiger partial charge >= 0.3 is 5.97 Å². The van der Waals surface area contributed by atoms with E-state index >= 15 is 0 Å². The second-order valence-electron chi connectivity index (χ2n) is 3.12. The monoisotopic (exact) mass is 219 g/mol. The van der Waals surface area contributed by atoms with Gasteiger partial charge in [0.15, 0.2) is 0 Å². The number of carbonyl (C=O) groups excluding carboxylic acids is 1. The molecule has 0 aliphatic heterocycles. The number of amides is 1. The minimum absolute atomic E-state index is 0.412. The molecule has 6 N–H and O–H groups in total. The Morgan fingerprint density at radius 1 is 1.33 bits per heavy atom. The van der Waals surface area contributed by atoms with Crippen LogP contribution in [0.1, 0.15) is 19.3 Å². The number of hydroxylamine groups is 1. The minimum atomic E-state index is -1.10. The van der Waals surface area contributed by atoms with Crippen LogP contribution in [0.15, 0.2) is 0 Å². The lowest BCUT2D eigenvalue weighted by Crippen LogP contribution is -2.42. The first-order valence-corrected chi connectivity index (χ1v) is 4.70. The van der Waals surface area contributed by atoms with E-state index in [0.29, 0.717) is 25.8 Å². The molecule has 1 atom stereocenters. The predicted molar refractivity (Wildman–Crippen MR) is 52.3 cm³/mol. The first-order valence-electron chi connectivity index (χ1n) is 4.70. The number of nitrogens with one attached hydrogen (secondary N) is 2. The van der Waals surface area contributed by atoms with Gasteiger partial charge in [0.2, 0.25) is 5.91 Å². The lowest BCUT2D eigenvalue weighted by molar-refractivity contribution is -0.138. The molecule has 1 amide bonds. The van der Waals surface area contributed by atoms with Crippen LogP contribution in [-0.4, -0.2) is 41.3 Å². The zero-order valence-corrected chi connectivity index (χ0v) is 8.40. The average Bonchev–Trinajstić information content (AvgIpc) is 2.20. The van der Waals surface area contributed by atoms with Crippen LogP contribution in [0.2, 0.25) is 0 Å². The smallest absolute Gasteiger partial charge is 0.322 e. The molecule has 0 saturated heterocycles. The van der Waals surface area contributed by atoms with Crippen molar-refractivity contribution in [2.75, 3.05) is 13.1 Å².